The number of halogens is 1. The van der Waals surface area contributed by atoms with Gasteiger partial charge in [-0.2, -0.15) is 0 Å². The number of hydrogen-bond acceptors (Lipinski definition) is 4. The number of carbonyl (C=O) groups is 1. The summed E-state index contributed by atoms with van der Waals surface area (Å²) in [6, 6.07) is 0. The van der Waals surface area contributed by atoms with Crippen LogP contribution in [0.2, 0.25) is 0 Å². The number of rotatable bonds is 11. The first-order valence-electron chi connectivity index (χ1n) is 7.02. The topological polar surface area (TPSA) is 84.0 Å². The molecule has 0 aliphatic heterocycles. The van der Waals surface area contributed by atoms with Gasteiger partial charge in [0.25, 0.3) is 0 Å². The maximum Gasteiger partial charge on any atom is 0.239 e. The summed E-state index contributed by atoms with van der Waals surface area (Å²) in [5, 5.41) is 8.83. The number of aliphatic imine (C=N–C) groups is 1. The summed E-state index contributed by atoms with van der Waals surface area (Å²) in [5.74, 6) is 0.546. The van der Waals surface area contributed by atoms with Crippen LogP contribution in [0, 0.1) is 0 Å². The average Bonchev–Trinajstić information content (AvgIpc) is 2.46. The van der Waals surface area contributed by atoms with E-state index in [0.717, 1.165) is 32.6 Å². The quantitative estimate of drug-likeness (QED) is 0.196. The summed E-state index contributed by atoms with van der Waals surface area (Å²) < 4.78 is 10.1. The molecule has 0 aromatic heterocycles. The highest BCUT2D eigenvalue weighted by Gasteiger charge is 2.02. The molecule has 0 aliphatic carbocycles. The van der Waals surface area contributed by atoms with Crippen LogP contribution in [0.15, 0.2) is 4.99 Å². The lowest BCUT2D eigenvalue weighted by molar-refractivity contribution is -0.120. The van der Waals surface area contributed by atoms with Crippen molar-refractivity contribution in [3.63, 3.8) is 0 Å². The number of carbonyl (C=O) groups excluding carboxylic acids is 1. The highest BCUT2D eigenvalue weighted by Crippen LogP contribution is 1.88. The van der Waals surface area contributed by atoms with E-state index in [9.17, 15) is 4.79 Å². The first-order valence-corrected chi connectivity index (χ1v) is 7.02. The van der Waals surface area contributed by atoms with Crippen molar-refractivity contribution in [2.24, 2.45) is 4.99 Å². The van der Waals surface area contributed by atoms with E-state index in [1.807, 2.05) is 6.92 Å². The molecule has 0 aromatic carbocycles. The Hall–Kier alpha value is -0.610. The molecule has 0 heterocycles. The fraction of sp³-hybridized carbons (Fsp3) is 0.846. The van der Waals surface area contributed by atoms with Gasteiger partial charge in [0.2, 0.25) is 5.91 Å². The fourth-order valence-electron chi connectivity index (χ4n) is 1.42. The summed E-state index contributed by atoms with van der Waals surface area (Å²) >= 11 is 0. The Morgan fingerprint density at radius 1 is 1.10 bits per heavy atom. The Morgan fingerprint density at radius 3 is 2.48 bits per heavy atom. The van der Waals surface area contributed by atoms with Gasteiger partial charge in [-0.05, 0) is 19.8 Å². The van der Waals surface area contributed by atoms with Crippen molar-refractivity contribution in [1.82, 2.24) is 16.0 Å². The highest BCUT2D eigenvalue weighted by atomic mass is 127. The number of nitrogens with one attached hydrogen (secondary N) is 3. The van der Waals surface area contributed by atoms with Gasteiger partial charge in [0.05, 0.1) is 13.2 Å². The number of methoxy groups -OCH3 is 1. The van der Waals surface area contributed by atoms with E-state index < -0.39 is 0 Å². The van der Waals surface area contributed by atoms with Gasteiger partial charge in [-0.25, -0.2) is 0 Å². The van der Waals surface area contributed by atoms with Gasteiger partial charge in [-0.3, -0.25) is 9.79 Å². The van der Waals surface area contributed by atoms with Crippen LogP contribution in [0.1, 0.15) is 19.8 Å². The SMILES string of the molecule is CCOCCCCNC(=NC)NCC(=O)NCCOC.I. The minimum atomic E-state index is -0.0821. The summed E-state index contributed by atoms with van der Waals surface area (Å²) in [7, 11) is 3.28. The highest BCUT2D eigenvalue weighted by molar-refractivity contribution is 14.0. The maximum atomic E-state index is 11.5. The molecular formula is C13H29IN4O3. The normalized spacial score (nSPS) is 10.7. The molecule has 0 saturated heterocycles. The lowest BCUT2D eigenvalue weighted by Crippen LogP contribution is -2.43. The Morgan fingerprint density at radius 2 is 1.86 bits per heavy atom. The van der Waals surface area contributed by atoms with E-state index in [1.165, 1.54) is 0 Å². The predicted octanol–water partition coefficient (Wildman–Crippen LogP) is 0.349. The average molecular weight is 416 g/mol. The van der Waals surface area contributed by atoms with Gasteiger partial charge in [0.15, 0.2) is 5.96 Å². The van der Waals surface area contributed by atoms with Gasteiger partial charge in [-0.15, -0.1) is 24.0 Å². The van der Waals surface area contributed by atoms with Crippen molar-refractivity contribution in [3.05, 3.63) is 0 Å². The standard InChI is InChI=1S/C13H28N4O3.HI/c1-4-20-9-6-5-7-16-13(14-2)17-11-12(18)15-8-10-19-3;/h4-11H2,1-3H3,(H,15,18)(H2,14,16,17);1H. The lowest BCUT2D eigenvalue weighted by Gasteiger charge is -2.11. The molecule has 0 rings (SSSR count). The monoisotopic (exact) mass is 416 g/mol. The number of unbranched alkanes of at least 4 members (excludes halogenated alkanes) is 1. The molecule has 0 radical (unpaired) electrons. The molecule has 0 bridgehead atoms. The van der Waals surface area contributed by atoms with Crippen molar-refractivity contribution < 1.29 is 14.3 Å². The number of ether oxygens (including phenoxy) is 2. The minimum Gasteiger partial charge on any atom is -0.383 e. The molecule has 0 aromatic rings. The van der Waals surface area contributed by atoms with E-state index >= 15 is 0 Å². The van der Waals surface area contributed by atoms with E-state index in [-0.39, 0.29) is 36.4 Å². The molecule has 0 spiro atoms. The number of nitrogens with zero attached hydrogens (tertiary/aromatic N) is 1. The van der Waals surface area contributed by atoms with E-state index in [2.05, 4.69) is 20.9 Å². The Bertz CT molecular complexity index is 278. The van der Waals surface area contributed by atoms with Gasteiger partial charge in [0.1, 0.15) is 0 Å². The second-order valence-corrected chi connectivity index (χ2v) is 4.10. The summed E-state index contributed by atoms with van der Waals surface area (Å²) in [6.45, 7) is 5.56. The third-order valence-corrected chi connectivity index (χ3v) is 2.48. The number of amides is 1. The third kappa shape index (κ3) is 15.6. The summed E-state index contributed by atoms with van der Waals surface area (Å²) in [6.07, 6.45) is 2.01. The molecule has 1 amide bonds. The lowest BCUT2D eigenvalue weighted by atomic mass is 10.3. The second kappa shape index (κ2) is 17.4. The number of hydrogen-bond donors (Lipinski definition) is 3. The van der Waals surface area contributed by atoms with Crippen LogP contribution >= 0.6 is 24.0 Å². The minimum absolute atomic E-state index is 0. The molecule has 8 heteroatoms. The van der Waals surface area contributed by atoms with Crippen LogP contribution in [-0.2, 0) is 14.3 Å². The molecule has 0 fully saturated rings. The second-order valence-electron chi connectivity index (χ2n) is 4.10. The van der Waals surface area contributed by atoms with Crippen molar-refractivity contribution in [2.75, 3.05) is 53.6 Å². The fourth-order valence-corrected chi connectivity index (χ4v) is 1.42. The third-order valence-electron chi connectivity index (χ3n) is 2.48. The van der Waals surface area contributed by atoms with E-state index in [1.54, 1.807) is 14.2 Å². The maximum absolute atomic E-state index is 11.5. The van der Waals surface area contributed by atoms with E-state index in [4.69, 9.17) is 9.47 Å². The zero-order valence-corrected chi connectivity index (χ0v) is 15.6. The molecule has 0 aliphatic rings. The molecule has 3 N–H and O–H groups in total. The van der Waals surface area contributed by atoms with Gasteiger partial charge < -0.3 is 25.4 Å². The zero-order chi connectivity index (χ0) is 15.1. The molecule has 0 saturated carbocycles. The first kappa shape index (κ1) is 22.7. The van der Waals surface area contributed by atoms with Crippen molar-refractivity contribution in [3.8, 4) is 0 Å². The van der Waals surface area contributed by atoms with Gasteiger partial charge in [0, 0.05) is 40.5 Å². The zero-order valence-electron chi connectivity index (χ0n) is 13.2. The number of guanidine groups is 1. The van der Waals surface area contributed by atoms with Crippen LogP contribution in [0.3, 0.4) is 0 Å². The van der Waals surface area contributed by atoms with Crippen LogP contribution in [0.5, 0.6) is 0 Å². The molecule has 126 valence electrons. The smallest absolute Gasteiger partial charge is 0.239 e. The van der Waals surface area contributed by atoms with Crippen molar-refractivity contribution in [2.45, 2.75) is 19.8 Å². The molecule has 0 unspecified atom stereocenters. The largest absolute Gasteiger partial charge is 0.383 e. The van der Waals surface area contributed by atoms with Crippen molar-refractivity contribution in [1.29, 1.82) is 0 Å². The van der Waals surface area contributed by atoms with Crippen LogP contribution in [0.25, 0.3) is 0 Å². The van der Waals surface area contributed by atoms with Crippen molar-refractivity contribution >= 4 is 35.8 Å². The summed E-state index contributed by atoms with van der Waals surface area (Å²) in [4.78, 5) is 15.5. The molecule has 21 heavy (non-hydrogen) atoms. The summed E-state index contributed by atoms with van der Waals surface area (Å²) in [5.41, 5.74) is 0. The van der Waals surface area contributed by atoms with Crippen LogP contribution in [-0.4, -0.2) is 65.5 Å². The van der Waals surface area contributed by atoms with Crippen LogP contribution < -0.4 is 16.0 Å². The molecule has 0 atom stereocenters. The van der Waals surface area contributed by atoms with E-state index in [0.29, 0.717) is 19.1 Å². The Kier molecular flexibility index (Phi) is 18.8. The Labute approximate surface area is 144 Å². The van der Waals surface area contributed by atoms with Gasteiger partial charge in [-0.1, -0.05) is 0 Å². The Balaban J connectivity index is 0. The van der Waals surface area contributed by atoms with Gasteiger partial charge >= 0.3 is 0 Å². The van der Waals surface area contributed by atoms with Crippen LogP contribution in [0.4, 0.5) is 0 Å². The predicted molar refractivity (Wildman–Crippen MR) is 95.4 cm³/mol. The molecular weight excluding hydrogens is 387 g/mol. The first-order chi connectivity index (χ1) is 9.74. The molecule has 7 nitrogen and oxygen atoms in total.